The van der Waals surface area contributed by atoms with Crippen LogP contribution in [-0.2, 0) is 11.0 Å². The number of nitrogens with two attached hydrogens (primary N) is 1. The molecule has 1 aliphatic heterocycles. The molecule has 3 rings (SSSR count). The quantitative estimate of drug-likeness (QED) is 0.758. The fourth-order valence-electron chi connectivity index (χ4n) is 2.76. The summed E-state index contributed by atoms with van der Waals surface area (Å²) < 4.78 is 45.1. The summed E-state index contributed by atoms with van der Waals surface area (Å²) in [5, 5.41) is 17.4. The average Bonchev–Trinajstić information content (AvgIpc) is 2.97. The van der Waals surface area contributed by atoms with Crippen molar-refractivity contribution in [2.75, 3.05) is 5.32 Å². The van der Waals surface area contributed by atoms with Crippen molar-refractivity contribution >= 4 is 11.6 Å². The molecule has 0 saturated heterocycles. The number of nitriles is 1. The molecule has 0 saturated carbocycles. The molecule has 7 nitrogen and oxygen atoms in total. The molecular weight excluding hydrogens is 351 g/mol. The second kappa shape index (κ2) is 6.11. The number of anilines is 1. The van der Waals surface area contributed by atoms with Gasteiger partial charge in [-0.1, -0.05) is 12.1 Å². The summed E-state index contributed by atoms with van der Waals surface area (Å²) in [6.07, 6.45) is -4.72. The third-order valence-corrected chi connectivity index (χ3v) is 3.79. The number of fused-ring (bicyclic) bond motifs is 1. The number of allylic oxidation sites excluding steroid dienone is 1. The Morgan fingerprint density at radius 2 is 2.04 bits per heavy atom. The van der Waals surface area contributed by atoms with E-state index in [4.69, 9.17) is 10.5 Å². The maximum atomic E-state index is 13.3. The third kappa shape index (κ3) is 2.95. The van der Waals surface area contributed by atoms with E-state index >= 15 is 0 Å². The number of benzene rings is 1. The Hall–Kier alpha value is -3.48. The van der Waals surface area contributed by atoms with E-state index in [1.54, 1.807) is 0 Å². The first-order chi connectivity index (χ1) is 12.2. The second-order valence-corrected chi connectivity index (χ2v) is 5.54. The van der Waals surface area contributed by atoms with Gasteiger partial charge in [0.15, 0.2) is 0 Å². The van der Waals surface area contributed by atoms with Gasteiger partial charge in [0.05, 0.1) is 11.5 Å². The van der Waals surface area contributed by atoms with E-state index in [9.17, 15) is 23.2 Å². The average molecular weight is 363 g/mol. The lowest BCUT2D eigenvalue weighted by atomic mass is 9.84. The maximum absolute atomic E-state index is 13.3. The molecule has 1 unspecified atom stereocenters. The summed E-state index contributed by atoms with van der Waals surface area (Å²) >= 11 is 0. The second-order valence-electron chi connectivity index (χ2n) is 5.54. The standard InChI is InChI=1S/C16H12F3N5O2/c1-7(25)22-9-4-2-8(3-5-9)11-10(6-20)14(21)26-15-12(11)13(23-24-15)16(17,18)19/h2-5,11H,21H2,1H3,(H,22,25)(H,23,24). The number of aromatic amines is 1. The van der Waals surface area contributed by atoms with E-state index < -0.39 is 17.8 Å². The van der Waals surface area contributed by atoms with Gasteiger partial charge in [-0.2, -0.15) is 18.4 Å². The Kier molecular flexibility index (Phi) is 4.07. The Balaban J connectivity index is 2.14. The van der Waals surface area contributed by atoms with Crippen molar-refractivity contribution in [3.8, 4) is 11.9 Å². The molecule has 26 heavy (non-hydrogen) atoms. The van der Waals surface area contributed by atoms with E-state index in [1.807, 2.05) is 11.2 Å². The number of carbonyl (C=O) groups is 1. The molecule has 2 aromatic rings. The lowest BCUT2D eigenvalue weighted by Gasteiger charge is -2.24. The van der Waals surface area contributed by atoms with Gasteiger partial charge in [0.25, 0.3) is 0 Å². The van der Waals surface area contributed by atoms with Crippen LogP contribution < -0.4 is 15.8 Å². The Bertz CT molecular complexity index is 938. The number of hydrogen-bond acceptors (Lipinski definition) is 5. The van der Waals surface area contributed by atoms with Crippen LogP contribution in [0.3, 0.4) is 0 Å². The number of ether oxygens (including phenoxy) is 1. The van der Waals surface area contributed by atoms with E-state index in [2.05, 4.69) is 10.4 Å². The Morgan fingerprint density at radius 1 is 1.38 bits per heavy atom. The highest BCUT2D eigenvalue weighted by atomic mass is 19.4. The maximum Gasteiger partial charge on any atom is 0.433 e. The van der Waals surface area contributed by atoms with E-state index in [0.29, 0.717) is 11.3 Å². The molecule has 0 radical (unpaired) electrons. The molecule has 1 atom stereocenters. The molecule has 1 aromatic heterocycles. The number of carbonyl (C=O) groups excluding carboxylic acids is 1. The van der Waals surface area contributed by atoms with Gasteiger partial charge in [-0.15, -0.1) is 5.10 Å². The zero-order valence-electron chi connectivity index (χ0n) is 13.3. The van der Waals surface area contributed by atoms with Crippen molar-refractivity contribution in [2.45, 2.75) is 19.0 Å². The molecule has 10 heteroatoms. The molecule has 0 bridgehead atoms. The van der Waals surface area contributed by atoms with Gasteiger partial charge < -0.3 is 15.8 Å². The summed E-state index contributed by atoms with van der Waals surface area (Å²) in [6, 6.07) is 7.85. The number of nitrogens with zero attached hydrogens (tertiary/aromatic N) is 2. The smallest absolute Gasteiger partial charge is 0.420 e. The van der Waals surface area contributed by atoms with E-state index in [-0.39, 0.29) is 28.8 Å². The van der Waals surface area contributed by atoms with Crippen LogP contribution in [0.4, 0.5) is 18.9 Å². The summed E-state index contributed by atoms with van der Waals surface area (Å²) in [6.45, 7) is 1.33. The highest BCUT2D eigenvalue weighted by Crippen LogP contribution is 2.46. The van der Waals surface area contributed by atoms with Crippen LogP contribution in [0.1, 0.15) is 29.7 Å². The van der Waals surface area contributed by atoms with Crippen LogP contribution in [0.2, 0.25) is 0 Å². The molecule has 0 fully saturated rings. The first-order valence-electron chi connectivity index (χ1n) is 7.33. The van der Waals surface area contributed by atoms with Gasteiger partial charge in [-0.25, -0.2) is 0 Å². The minimum absolute atomic E-state index is 0.156. The SMILES string of the molecule is CC(=O)Nc1ccc(C2C(C#N)=C(N)Oc3n[nH]c(C(F)(F)F)c32)cc1. The van der Waals surface area contributed by atoms with Crippen LogP contribution >= 0.6 is 0 Å². The summed E-state index contributed by atoms with van der Waals surface area (Å²) in [5.74, 6) is -2.03. The monoisotopic (exact) mass is 363 g/mol. The van der Waals surface area contributed by atoms with Crippen molar-refractivity contribution < 1.29 is 22.7 Å². The molecule has 1 aliphatic rings. The highest BCUT2D eigenvalue weighted by molar-refractivity contribution is 5.88. The van der Waals surface area contributed by atoms with Crippen molar-refractivity contribution in [1.29, 1.82) is 5.26 Å². The van der Waals surface area contributed by atoms with Gasteiger partial charge in [-0.05, 0) is 17.7 Å². The molecule has 2 heterocycles. The first-order valence-corrected chi connectivity index (χ1v) is 7.33. The number of nitrogens with one attached hydrogen (secondary N) is 2. The number of rotatable bonds is 2. The normalized spacial score (nSPS) is 16.5. The van der Waals surface area contributed by atoms with E-state index in [0.717, 1.165) is 0 Å². The minimum Gasteiger partial charge on any atom is -0.420 e. The van der Waals surface area contributed by atoms with Crippen LogP contribution in [0.15, 0.2) is 35.7 Å². The topological polar surface area (TPSA) is 117 Å². The van der Waals surface area contributed by atoms with Crippen molar-refractivity contribution in [3.63, 3.8) is 0 Å². The number of H-pyrrole nitrogens is 1. The first kappa shape index (κ1) is 17.3. The number of aromatic nitrogens is 2. The van der Waals surface area contributed by atoms with Gasteiger partial charge >= 0.3 is 6.18 Å². The van der Waals surface area contributed by atoms with Crippen LogP contribution in [0.25, 0.3) is 0 Å². The third-order valence-electron chi connectivity index (χ3n) is 3.79. The van der Waals surface area contributed by atoms with Crippen molar-refractivity contribution in [1.82, 2.24) is 10.2 Å². The lowest BCUT2D eigenvalue weighted by Crippen LogP contribution is -2.22. The predicted octanol–water partition coefficient (Wildman–Crippen LogP) is 2.61. The fourth-order valence-corrected chi connectivity index (χ4v) is 2.76. The number of amides is 1. The zero-order chi connectivity index (χ0) is 19.1. The highest BCUT2D eigenvalue weighted by Gasteiger charge is 2.44. The molecule has 1 aromatic carbocycles. The number of hydrogen-bond donors (Lipinski definition) is 3. The number of halogens is 3. The van der Waals surface area contributed by atoms with Crippen molar-refractivity contribution in [3.05, 3.63) is 52.5 Å². The van der Waals surface area contributed by atoms with Crippen molar-refractivity contribution in [2.24, 2.45) is 5.73 Å². The van der Waals surface area contributed by atoms with Gasteiger partial charge in [-0.3, -0.25) is 9.89 Å². The molecule has 0 aliphatic carbocycles. The molecule has 4 N–H and O–H groups in total. The largest absolute Gasteiger partial charge is 0.433 e. The molecule has 0 spiro atoms. The summed E-state index contributed by atoms with van der Waals surface area (Å²) in [5.41, 5.74) is 4.95. The Morgan fingerprint density at radius 3 is 2.58 bits per heavy atom. The summed E-state index contributed by atoms with van der Waals surface area (Å²) in [7, 11) is 0. The summed E-state index contributed by atoms with van der Waals surface area (Å²) in [4.78, 5) is 11.1. The fraction of sp³-hybridized carbons (Fsp3) is 0.188. The van der Waals surface area contributed by atoms with E-state index in [1.165, 1.54) is 31.2 Å². The molecule has 1 amide bonds. The van der Waals surface area contributed by atoms with Crippen LogP contribution in [-0.4, -0.2) is 16.1 Å². The minimum atomic E-state index is -4.72. The predicted molar refractivity (Wildman–Crippen MR) is 83.6 cm³/mol. The zero-order valence-corrected chi connectivity index (χ0v) is 13.3. The number of alkyl halides is 3. The van der Waals surface area contributed by atoms with Gasteiger partial charge in [0.1, 0.15) is 17.3 Å². The van der Waals surface area contributed by atoms with Crippen LogP contribution in [0, 0.1) is 11.3 Å². The molecular formula is C16H12F3N5O2. The van der Waals surface area contributed by atoms with Gasteiger partial charge in [0, 0.05) is 12.6 Å². The van der Waals surface area contributed by atoms with Crippen LogP contribution in [0.5, 0.6) is 5.88 Å². The molecule has 134 valence electrons. The Labute approximate surface area is 145 Å². The lowest BCUT2D eigenvalue weighted by molar-refractivity contribution is -0.141. The van der Waals surface area contributed by atoms with Gasteiger partial charge in [0.2, 0.25) is 17.7 Å².